The van der Waals surface area contributed by atoms with E-state index in [0.29, 0.717) is 5.56 Å². The second-order valence-electron chi connectivity index (χ2n) is 6.29. The lowest BCUT2D eigenvalue weighted by atomic mass is 10.0. The Hall–Kier alpha value is -1.51. The van der Waals surface area contributed by atoms with Crippen LogP contribution in [0.3, 0.4) is 0 Å². The summed E-state index contributed by atoms with van der Waals surface area (Å²) < 4.78 is 41.1. The molecule has 1 aliphatic rings. The maximum atomic E-state index is 13.5. The smallest absolute Gasteiger partial charge is 0.221 e. The Bertz CT molecular complexity index is 879. The Balaban J connectivity index is 1.88. The first-order chi connectivity index (χ1) is 12.3. The average Bonchev–Trinajstić information content (AvgIpc) is 3.00. The summed E-state index contributed by atoms with van der Waals surface area (Å²) in [4.78, 5) is 5.48. The number of sulfonamides is 1. The first-order valence-corrected chi connectivity index (χ1v) is 9.98. The van der Waals surface area contributed by atoms with Crippen LogP contribution in [-0.4, -0.2) is 43.7 Å². The van der Waals surface area contributed by atoms with E-state index in [-0.39, 0.29) is 18.2 Å². The van der Waals surface area contributed by atoms with Crippen LogP contribution in [0.25, 0.3) is 0 Å². The third-order valence-electron chi connectivity index (χ3n) is 4.54. The molecule has 1 heterocycles. The normalized spacial score (nSPS) is 21.4. The van der Waals surface area contributed by atoms with Crippen LogP contribution in [0.15, 0.2) is 48.5 Å². The summed E-state index contributed by atoms with van der Waals surface area (Å²) in [7, 11) is -0.448. The van der Waals surface area contributed by atoms with Gasteiger partial charge >= 0.3 is 0 Å². The SMILES string of the molecule is CN1OC[C@@H](S(=O)(=O)N(C)Cc2ccccc2)[C@@H]1c1ccc(F)c(Cl)c1. The van der Waals surface area contributed by atoms with Gasteiger partial charge in [-0.2, -0.15) is 5.06 Å². The fourth-order valence-electron chi connectivity index (χ4n) is 3.13. The lowest BCUT2D eigenvalue weighted by molar-refractivity contribution is -0.110. The number of hydrogen-bond acceptors (Lipinski definition) is 4. The summed E-state index contributed by atoms with van der Waals surface area (Å²) in [6.07, 6.45) is 0. The Labute approximate surface area is 157 Å². The predicted molar refractivity (Wildman–Crippen MR) is 98.5 cm³/mol. The van der Waals surface area contributed by atoms with E-state index in [1.54, 1.807) is 14.1 Å². The molecular formula is C18H20ClFN2O3S. The van der Waals surface area contributed by atoms with E-state index in [0.717, 1.165) is 5.56 Å². The van der Waals surface area contributed by atoms with E-state index in [2.05, 4.69) is 0 Å². The molecule has 8 heteroatoms. The van der Waals surface area contributed by atoms with E-state index in [1.807, 2.05) is 30.3 Å². The molecule has 2 aromatic rings. The molecule has 0 radical (unpaired) electrons. The molecule has 0 spiro atoms. The highest BCUT2D eigenvalue weighted by Crippen LogP contribution is 2.36. The van der Waals surface area contributed by atoms with Crippen LogP contribution >= 0.6 is 11.6 Å². The first-order valence-electron chi connectivity index (χ1n) is 8.10. The van der Waals surface area contributed by atoms with Crippen LogP contribution in [0.4, 0.5) is 4.39 Å². The predicted octanol–water partition coefficient (Wildman–Crippen LogP) is 3.23. The molecule has 0 aromatic heterocycles. The lowest BCUT2D eigenvalue weighted by Crippen LogP contribution is -2.40. The topological polar surface area (TPSA) is 49.9 Å². The zero-order chi connectivity index (χ0) is 18.9. The summed E-state index contributed by atoms with van der Waals surface area (Å²) in [6.45, 7) is 0.290. The van der Waals surface area contributed by atoms with Crippen molar-refractivity contribution < 1.29 is 17.6 Å². The van der Waals surface area contributed by atoms with Crippen molar-refractivity contribution in [2.75, 3.05) is 20.7 Å². The van der Waals surface area contributed by atoms with Gasteiger partial charge in [-0.3, -0.25) is 4.84 Å². The molecule has 0 amide bonds. The van der Waals surface area contributed by atoms with Crippen molar-refractivity contribution in [1.29, 1.82) is 0 Å². The number of nitrogens with zero attached hydrogens (tertiary/aromatic N) is 2. The molecule has 0 unspecified atom stereocenters. The van der Waals surface area contributed by atoms with Crippen LogP contribution < -0.4 is 0 Å². The highest BCUT2D eigenvalue weighted by atomic mass is 35.5. The molecule has 1 fully saturated rings. The monoisotopic (exact) mass is 398 g/mol. The third-order valence-corrected chi connectivity index (χ3v) is 6.98. The summed E-state index contributed by atoms with van der Waals surface area (Å²) >= 11 is 5.88. The minimum atomic E-state index is -3.66. The number of hydrogen-bond donors (Lipinski definition) is 0. The standard InChI is InChI=1S/C18H20ClFN2O3S/c1-21(11-13-6-4-3-5-7-13)26(23,24)17-12-25-22(2)18(17)14-8-9-16(20)15(19)10-14/h3-10,17-18H,11-12H2,1-2H3/t17-,18+/m1/s1. The Morgan fingerprint density at radius 1 is 1.27 bits per heavy atom. The van der Waals surface area contributed by atoms with E-state index in [9.17, 15) is 12.8 Å². The molecule has 1 aliphatic heterocycles. The number of hydroxylamine groups is 2. The van der Waals surface area contributed by atoms with Gasteiger partial charge in [0.2, 0.25) is 10.0 Å². The van der Waals surface area contributed by atoms with Crippen molar-refractivity contribution in [2.45, 2.75) is 17.8 Å². The van der Waals surface area contributed by atoms with Crippen molar-refractivity contribution in [3.05, 3.63) is 70.5 Å². The maximum Gasteiger partial charge on any atom is 0.221 e. The zero-order valence-electron chi connectivity index (χ0n) is 14.5. The quantitative estimate of drug-likeness (QED) is 0.776. The van der Waals surface area contributed by atoms with Crippen LogP contribution in [0, 0.1) is 5.82 Å². The number of rotatable bonds is 5. The number of halogens is 2. The molecule has 0 N–H and O–H groups in total. The van der Waals surface area contributed by atoms with E-state index in [1.165, 1.54) is 27.6 Å². The zero-order valence-corrected chi connectivity index (χ0v) is 16.0. The first kappa shape index (κ1) is 19.3. The molecule has 2 aromatic carbocycles. The Morgan fingerprint density at radius 3 is 2.62 bits per heavy atom. The summed E-state index contributed by atoms with van der Waals surface area (Å²) in [5, 5.41) is 0.627. The lowest BCUT2D eigenvalue weighted by Gasteiger charge is -2.27. The maximum absolute atomic E-state index is 13.5. The largest absolute Gasteiger partial charge is 0.297 e. The molecule has 26 heavy (non-hydrogen) atoms. The molecule has 2 atom stereocenters. The van der Waals surface area contributed by atoms with Gasteiger partial charge in [0, 0.05) is 20.6 Å². The van der Waals surface area contributed by atoms with Crippen LogP contribution in [0.5, 0.6) is 0 Å². The summed E-state index contributed by atoms with van der Waals surface area (Å²) in [5.74, 6) is -0.544. The third kappa shape index (κ3) is 3.77. The van der Waals surface area contributed by atoms with Crippen molar-refractivity contribution in [3.8, 4) is 0 Å². The Kier molecular flexibility index (Phi) is 5.64. The van der Waals surface area contributed by atoms with Gasteiger partial charge in [-0.25, -0.2) is 17.1 Å². The summed E-state index contributed by atoms with van der Waals surface area (Å²) in [6, 6.07) is 13.0. The fourth-order valence-corrected chi connectivity index (χ4v) is 5.00. The molecule has 0 aliphatic carbocycles. The molecule has 140 valence electrons. The van der Waals surface area contributed by atoms with Gasteiger partial charge in [-0.1, -0.05) is 48.0 Å². The van der Waals surface area contributed by atoms with Gasteiger partial charge in [0.1, 0.15) is 11.1 Å². The second kappa shape index (κ2) is 7.62. The highest BCUT2D eigenvalue weighted by molar-refractivity contribution is 7.89. The van der Waals surface area contributed by atoms with Crippen LogP contribution in [-0.2, 0) is 21.4 Å². The number of benzene rings is 2. The van der Waals surface area contributed by atoms with Crippen molar-refractivity contribution in [2.24, 2.45) is 0 Å². The second-order valence-corrected chi connectivity index (χ2v) is 8.95. The highest BCUT2D eigenvalue weighted by Gasteiger charge is 2.45. The van der Waals surface area contributed by atoms with E-state index in [4.69, 9.17) is 16.4 Å². The molecule has 3 rings (SSSR count). The van der Waals surface area contributed by atoms with Crippen molar-refractivity contribution >= 4 is 21.6 Å². The average molecular weight is 399 g/mol. The molecule has 0 saturated carbocycles. The van der Waals surface area contributed by atoms with Gasteiger partial charge in [0.25, 0.3) is 0 Å². The van der Waals surface area contributed by atoms with Gasteiger partial charge in [-0.15, -0.1) is 0 Å². The minimum absolute atomic E-state index is 0.0254. The van der Waals surface area contributed by atoms with Crippen molar-refractivity contribution in [3.63, 3.8) is 0 Å². The van der Waals surface area contributed by atoms with Gasteiger partial charge in [-0.05, 0) is 23.3 Å². The van der Waals surface area contributed by atoms with Crippen LogP contribution in [0.1, 0.15) is 17.2 Å². The fraction of sp³-hybridized carbons (Fsp3) is 0.333. The van der Waals surface area contributed by atoms with E-state index < -0.39 is 27.1 Å². The van der Waals surface area contributed by atoms with Gasteiger partial charge < -0.3 is 0 Å². The van der Waals surface area contributed by atoms with Crippen molar-refractivity contribution in [1.82, 2.24) is 9.37 Å². The Morgan fingerprint density at radius 2 is 1.96 bits per heavy atom. The van der Waals surface area contributed by atoms with Gasteiger partial charge in [0.05, 0.1) is 17.7 Å². The van der Waals surface area contributed by atoms with Crippen LogP contribution in [0.2, 0.25) is 5.02 Å². The van der Waals surface area contributed by atoms with Gasteiger partial charge in [0.15, 0.2) is 0 Å². The van der Waals surface area contributed by atoms with E-state index >= 15 is 0 Å². The minimum Gasteiger partial charge on any atom is -0.297 e. The molecule has 0 bridgehead atoms. The summed E-state index contributed by atoms with van der Waals surface area (Å²) in [5.41, 5.74) is 1.49. The molecular weight excluding hydrogens is 379 g/mol. The molecule has 1 saturated heterocycles. The molecule has 5 nitrogen and oxygen atoms in total.